The molecule has 2 N–H and O–H groups in total. The summed E-state index contributed by atoms with van der Waals surface area (Å²) in [6.45, 7) is 5.51. The predicted molar refractivity (Wildman–Crippen MR) is 47.3 cm³/mol. The van der Waals surface area contributed by atoms with Gasteiger partial charge >= 0.3 is 6.09 Å². The zero-order valence-corrected chi connectivity index (χ0v) is 8.42. The molecule has 1 rings (SSSR count). The summed E-state index contributed by atoms with van der Waals surface area (Å²) in [4.78, 5) is 26.7. The van der Waals surface area contributed by atoms with Crippen LogP contribution in [0.3, 0.4) is 0 Å². The number of hydrogen-bond acceptors (Lipinski definition) is 4. The van der Waals surface area contributed by atoms with E-state index in [0.29, 0.717) is 0 Å². The molecule has 0 aromatic heterocycles. The first kappa shape index (κ1) is 10.8. The number of alkyl carbamates (subject to hydrolysis) is 1. The zero-order valence-electron chi connectivity index (χ0n) is 8.42. The van der Waals surface area contributed by atoms with Crippen molar-refractivity contribution in [1.29, 1.82) is 0 Å². The number of carbonyl (C=O) groups excluding carboxylic acids is 2. The summed E-state index contributed by atoms with van der Waals surface area (Å²) in [5.41, 5.74) is 1.71. The minimum atomic E-state index is -0.850. The lowest BCUT2D eigenvalue weighted by molar-refractivity contribution is -0.128. The first-order chi connectivity index (χ1) is 6.38. The number of hydroxylamine groups is 1. The third kappa shape index (κ3) is 3.21. The van der Waals surface area contributed by atoms with Crippen molar-refractivity contribution in [2.75, 3.05) is 6.61 Å². The SMILES string of the molecule is CC(C)(C)NC(=O)O[C@@H]1CONC1=O. The van der Waals surface area contributed by atoms with Crippen molar-refractivity contribution in [1.82, 2.24) is 10.8 Å². The average Bonchev–Trinajstić information content (AvgIpc) is 2.32. The van der Waals surface area contributed by atoms with Crippen molar-refractivity contribution in [3.8, 4) is 0 Å². The largest absolute Gasteiger partial charge is 0.433 e. The normalized spacial score (nSPS) is 21.6. The Kier molecular flexibility index (Phi) is 2.95. The lowest BCUT2D eigenvalue weighted by Gasteiger charge is -2.20. The molecule has 0 aliphatic carbocycles. The van der Waals surface area contributed by atoms with E-state index in [2.05, 4.69) is 15.6 Å². The standard InChI is InChI=1S/C8H14N2O4/c1-8(2,3)9-7(12)14-5-4-13-10-6(5)11/h5H,4H2,1-3H3,(H,9,12)(H,10,11)/t5-/m1/s1. The minimum Gasteiger partial charge on any atom is -0.433 e. The first-order valence-corrected chi connectivity index (χ1v) is 4.29. The molecule has 1 aliphatic heterocycles. The molecule has 0 aromatic carbocycles. The summed E-state index contributed by atoms with van der Waals surface area (Å²) in [6, 6.07) is 0. The van der Waals surface area contributed by atoms with Crippen LogP contribution >= 0.6 is 0 Å². The van der Waals surface area contributed by atoms with Gasteiger partial charge in [0.15, 0.2) is 0 Å². The third-order valence-corrected chi connectivity index (χ3v) is 1.43. The van der Waals surface area contributed by atoms with Gasteiger partial charge in [0.1, 0.15) is 6.61 Å². The molecule has 1 saturated heterocycles. The maximum atomic E-state index is 11.2. The van der Waals surface area contributed by atoms with Crippen LogP contribution < -0.4 is 10.8 Å². The number of amides is 2. The smallest absolute Gasteiger partial charge is 0.408 e. The van der Waals surface area contributed by atoms with Gasteiger partial charge in [-0.1, -0.05) is 0 Å². The molecule has 0 aromatic rings. The molecule has 14 heavy (non-hydrogen) atoms. The Morgan fingerprint density at radius 2 is 2.29 bits per heavy atom. The Labute approximate surface area is 81.9 Å². The topological polar surface area (TPSA) is 76.7 Å². The van der Waals surface area contributed by atoms with E-state index in [4.69, 9.17) is 4.74 Å². The summed E-state index contributed by atoms with van der Waals surface area (Å²) in [5, 5.41) is 2.57. The van der Waals surface area contributed by atoms with Crippen LogP contribution in [-0.4, -0.2) is 30.3 Å². The summed E-state index contributed by atoms with van der Waals surface area (Å²) >= 11 is 0. The predicted octanol–water partition coefficient (Wildman–Crippen LogP) is -0.0589. The van der Waals surface area contributed by atoms with Crippen LogP contribution in [0, 0.1) is 0 Å². The third-order valence-electron chi connectivity index (χ3n) is 1.43. The van der Waals surface area contributed by atoms with Gasteiger partial charge in [-0.15, -0.1) is 0 Å². The molecular formula is C8H14N2O4. The summed E-state index contributed by atoms with van der Waals surface area (Å²) in [7, 11) is 0. The molecule has 1 heterocycles. The first-order valence-electron chi connectivity index (χ1n) is 4.29. The van der Waals surface area contributed by atoms with Crippen LogP contribution in [0.25, 0.3) is 0 Å². The fourth-order valence-electron chi connectivity index (χ4n) is 0.882. The Balaban J connectivity index is 2.37. The van der Waals surface area contributed by atoms with Gasteiger partial charge in [0, 0.05) is 5.54 Å². The molecule has 0 spiro atoms. The molecule has 0 bridgehead atoms. The summed E-state index contributed by atoms with van der Waals surface area (Å²) in [6.07, 6.45) is -1.47. The van der Waals surface area contributed by atoms with E-state index < -0.39 is 18.1 Å². The van der Waals surface area contributed by atoms with E-state index in [-0.39, 0.29) is 12.1 Å². The molecule has 1 aliphatic rings. The van der Waals surface area contributed by atoms with Crippen LogP contribution in [0.4, 0.5) is 4.79 Å². The Hall–Kier alpha value is -1.30. The van der Waals surface area contributed by atoms with Gasteiger partial charge in [0.25, 0.3) is 5.91 Å². The van der Waals surface area contributed by atoms with Crippen molar-refractivity contribution in [2.24, 2.45) is 0 Å². The Morgan fingerprint density at radius 3 is 2.71 bits per heavy atom. The molecule has 6 nitrogen and oxygen atoms in total. The van der Waals surface area contributed by atoms with E-state index in [1.807, 2.05) is 20.8 Å². The molecule has 0 unspecified atom stereocenters. The van der Waals surface area contributed by atoms with Crippen molar-refractivity contribution < 1.29 is 19.2 Å². The Bertz CT molecular complexity index is 246. The molecule has 80 valence electrons. The van der Waals surface area contributed by atoms with Crippen molar-refractivity contribution in [3.05, 3.63) is 0 Å². The van der Waals surface area contributed by atoms with E-state index in [9.17, 15) is 9.59 Å². The molecule has 0 saturated carbocycles. The van der Waals surface area contributed by atoms with E-state index in [1.165, 1.54) is 0 Å². The Morgan fingerprint density at radius 1 is 1.64 bits per heavy atom. The highest BCUT2D eigenvalue weighted by molar-refractivity contribution is 5.84. The van der Waals surface area contributed by atoms with Gasteiger partial charge in [-0.3, -0.25) is 9.63 Å². The van der Waals surface area contributed by atoms with Gasteiger partial charge in [-0.05, 0) is 20.8 Å². The zero-order chi connectivity index (χ0) is 10.8. The maximum absolute atomic E-state index is 11.2. The minimum absolute atomic E-state index is 0.0520. The second-order valence-corrected chi connectivity index (χ2v) is 4.05. The molecule has 1 atom stereocenters. The van der Waals surface area contributed by atoms with Gasteiger partial charge in [0.2, 0.25) is 6.10 Å². The van der Waals surface area contributed by atoms with E-state index in [0.717, 1.165) is 0 Å². The van der Waals surface area contributed by atoms with Crippen LogP contribution in [0.2, 0.25) is 0 Å². The van der Waals surface area contributed by atoms with Gasteiger partial charge in [0.05, 0.1) is 0 Å². The van der Waals surface area contributed by atoms with Crippen LogP contribution in [0.5, 0.6) is 0 Å². The van der Waals surface area contributed by atoms with Crippen LogP contribution in [0.1, 0.15) is 20.8 Å². The van der Waals surface area contributed by atoms with E-state index >= 15 is 0 Å². The molecular weight excluding hydrogens is 188 g/mol. The average molecular weight is 202 g/mol. The monoisotopic (exact) mass is 202 g/mol. The molecule has 6 heteroatoms. The lowest BCUT2D eigenvalue weighted by Crippen LogP contribution is -2.43. The highest BCUT2D eigenvalue weighted by Gasteiger charge is 2.30. The summed E-state index contributed by atoms with van der Waals surface area (Å²) < 4.78 is 4.81. The maximum Gasteiger partial charge on any atom is 0.408 e. The molecule has 0 radical (unpaired) electrons. The highest BCUT2D eigenvalue weighted by Crippen LogP contribution is 2.04. The van der Waals surface area contributed by atoms with Gasteiger partial charge in [-0.2, -0.15) is 0 Å². The number of ether oxygens (including phenoxy) is 1. The van der Waals surface area contributed by atoms with E-state index in [1.54, 1.807) is 0 Å². The number of nitrogens with one attached hydrogen (secondary N) is 2. The summed E-state index contributed by atoms with van der Waals surface area (Å²) in [5.74, 6) is -0.436. The molecule has 1 fully saturated rings. The second kappa shape index (κ2) is 3.83. The van der Waals surface area contributed by atoms with Gasteiger partial charge in [-0.25, -0.2) is 10.3 Å². The van der Waals surface area contributed by atoms with Crippen molar-refractivity contribution in [2.45, 2.75) is 32.4 Å². The second-order valence-electron chi connectivity index (χ2n) is 4.05. The quantitative estimate of drug-likeness (QED) is 0.624. The van der Waals surface area contributed by atoms with Crippen molar-refractivity contribution in [3.63, 3.8) is 0 Å². The number of hydrogen-bond donors (Lipinski definition) is 2. The van der Waals surface area contributed by atoms with Gasteiger partial charge < -0.3 is 10.1 Å². The fraction of sp³-hybridized carbons (Fsp3) is 0.750. The number of rotatable bonds is 1. The van der Waals surface area contributed by atoms with Crippen LogP contribution in [0.15, 0.2) is 0 Å². The molecule has 2 amide bonds. The number of carbonyl (C=O) groups is 2. The fourth-order valence-corrected chi connectivity index (χ4v) is 0.882. The van der Waals surface area contributed by atoms with Crippen molar-refractivity contribution >= 4 is 12.0 Å². The van der Waals surface area contributed by atoms with Crippen LogP contribution in [-0.2, 0) is 14.4 Å². The lowest BCUT2D eigenvalue weighted by atomic mass is 10.1. The highest BCUT2D eigenvalue weighted by atomic mass is 16.7.